The van der Waals surface area contributed by atoms with E-state index in [0.717, 1.165) is 0 Å². The van der Waals surface area contributed by atoms with Gasteiger partial charge in [0.1, 0.15) is 5.82 Å². The third kappa shape index (κ3) is 4.15. The van der Waals surface area contributed by atoms with Crippen LogP contribution in [0.25, 0.3) is 0 Å². The van der Waals surface area contributed by atoms with Gasteiger partial charge >= 0.3 is 0 Å². The van der Waals surface area contributed by atoms with Crippen molar-refractivity contribution in [3.05, 3.63) is 29.6 Å². The van der Waals surface area contributed by atoms with Crippen LogP contribution in [0.3, 0.4) is 0 Å². The normalized spacial score (nSPS) is 12.1. The van der Waals surface area contributed by atoms with Crippen LogP contribution in [0.15, 0.2) is 12.1 Å². The van der Waals surface area contributed by atoms with Crippen molar-refractivity contribution in [3.63, 3.8) is 0 Å². The Hall–Kier alpha value is -1.34. The lowest BCUT2D eigenvalue weighted by molar-refractivity contribution is 0.179. The van der Waals surface area contributed by atoms with Gasteiger partial charge < -0.3 is 15.4 Å². The summed E-state index contributed by atoms with van der Waals surface area (Å²) in [6, 6.07) is 1.07. The van der Waals surface area contributed by atoms with E-state index >= 15 is 0 Å². The topological polar surface area (TPSA) is 33.3 Å². The molecule has 1 aromatic rings. The Morgan fingerprint density at radius 2 is 1.89 bits per heavy atom. The molecule has 7 heteroatoms. The van der Waals surface area contributed by atoms with Crippen molar-refractivity contribution >= 4 is 23.0 Å². The van der Waals surface area contributed by atoms with Gasteiger partial charge in [-0.3, -0.25) is 0 Å². The molecule has 1 unspecified atom stereocenters. The summed E-state index contributed by atoms with van der Waals surface area (Å²) in [7, 11) is 1.53. The molecule has 0 amide bonds. The van der Waals surface area contributed by atoms with E-state index < -0.39 is 17.5 Å². The Balaban J connectivity index is 2.67. The Kier molecular flexibility index (Phi) is 5.36. The van der Waals surface area contributed by atoms with Gasteiger partial charge in [-0.2, -0.15) is 0 Å². The maximum atomic E-state index is 13.3. The Morgan fingerprint density at radius 3 is 2.50 bits per heavy atom. The zero-order valence-corrected chi connectivity index (χ0v) is 10.7. The molecule has 2 N–H and O–H groups in total. The summed E-state index contributed by atoms with van der Waals surface area (Å²) in [5.41, 5.74) is -0.226. The zero-order valence-electron chi connectivity index (χ0n) is 9.89. The molecule has 1 rings (SSSR count). The van der Waals surface area contributed by atoms with Crippen LogP contribution in [0, 0.1) is 17.5 Å². The van der Waals surface area contributed by atoms with Crippen LogP contribution in [0.5, 0.6) is 0 Å². The van der Waals surface area contributed by atoms with E-state index in [1.807, 2.05) is 0 Å². The first kappa shape index (κ1) is 14.7. The van der Waals surface area contributed by atoms with Crippen molar-refractivity contribution in [3.8, 4) is 0 Å². The van der Waals surface area contributed by atoms with Crippen LogP contribution in [-0.2, 0) is 4.74 Å². The van der Waals surface area contributed by atoms with Crippen LogP contribution < -0.4 is 10.6 Å². The lowest BCUT2D eigenvalue weighted by atomic mass is 10.3. The van der Waals surface area contributed by atoms with Crippen molar-refractivity contribution in [2.75, 3.05) is 19.0 Å². The molecule has 1 atom stereocenters. The minimum atomic E-state index is -1.25. The summed E-state index contributed by atoms with van der Waals surface area (Å²) in [5.74, 6) is -3.31. The SMILES string of the molecule is COCC(C)NC(=S)Nc1cc(F)c(F)cc1F. The number of benzene rings is 1. The van der Waals surface area contributed by atoms with Gasteiger partial charge in [0.15, 0.2) is 16.7 Å². The van der Waals surface area contributed by atoms with Gasteiger partial charge in [-0.05, 0) is 19.1 Å². The average molecular weight is 278 g/mol. The largest absolute Gasteiger partial charge is 0.383 e. The molecule has 0 aromatic heterocycles. The minimum Gasteiger partial charge on any atom is -0.383 e. The molecule has 0 heterocycles. The van der Waals surface area contributed by atoms with Crippen LogP contribution in [0.4, 0.5) is 18.9 Å². The van der Waals surface area contributed by atoms with Gasteiger partial charge in [-0.25, -0.2) is 13.2 Å². The predicted molar refractivity (Wildman–Crippen MR) is 67.0 cm³/mol. The molecule has 0 spiro atoms. The summed E-state index contributed by atoms with van der Waals surface area (Å²) < 4.78 is 43.8. The molecule has 0 fully saturated rings. The molecule has 0 bridgehead atoms. The number of nitrogens with one attached hydrogen (secondary N) is 2. The highest BCUT2D eigenvalue weighted by Crippen LogP contribution is 2.18. The Morgan fingerprint density at radius 1 is 1.28 bits per heavy atom. The lowest BCUT2D eigenvalue weighted by Gasteiger charge is -2.16. The van der Waals surface area contributed by atoms with E-state index in [2.05, 4.69) is 10.6 Å². The van der Waals surface area contributed by atoms with E-state index in [-0.39, 0.29) is 16.8 Å². The summed E-state index contributed by atoms with van der Waals surface area (Å²) in [6.07, 6.45) is 0. The first-order valence-corrected chi connectivity index (χ1v) is 5.56. The fourth-order valence-electron chi connectivity index (χ4n) is 1.29. The van der Waals surface area contributed by atoms with Gasteiger partial charge in [0.05, 0.1) is 12.3 Å². The molecule has 18 heavy (non-hydrogen) atoms. The summed E-state index contributed by atoms with van der Waals surface area (Å²) in [6.45, 7) is 2.21. The smallest absolute Gasteiger partial charge is 0.171 e. The second-order valence-electron chi connectivity index (χ2n) is 3.70. The van der Waals surface area contributed by atoms with Crippen molar-refractivity contribution in [2.45, 2.75) is 13.0 Å². The van der Waals surface area contributed by atoms with Gasteiger partial charge in [-0.15, -0.1) is 0 Å². The van der Waals surface area contributed by atoms with E-state index in [9.17, 15) is 13.2 Å². The van der Waals surface area contributed by atoms with E-state index in [1.165, 1.54) is 7.11 Å². The molecule has 0 aliphatic carbocycles. The van der Waals surface area contributed by atoms with Crippen LogP contribution in [0.2, 0.25) is 0 Å². The molecule has 0 radical (unpaired) electrons. The monoisotopic (exact) mass is 278 g/mol. The number of rotatable bonds is 4. The van der Waals surface area contributed by atoms with Crippen LogP contribution >= 0.6 is 12.2 Å². The fourth-order valence-corrected chi connectivity index (χ4v) is 1.60. The molecule has 100 valence electrons. The van der Waals surface area contributed by atoms with Crippen LogP contribution in [0.1, 0.15) is 6.92 Å². The first-order valence-electron chi connectivity index (χ1n) is 5.15. The summed E-state index contributed by atoms with van der Waals surface area (Å²) in [5, 5.41) is 5.36. The standard InChI is InChI=1S/C11H13F3N2OS/c1-6(5-17-2)15-11(18)16-10-4-8(13)7(12)3-9(10)14/h3-4,6H,5H2,1-2H3,(H2,15,16,18). The highest BCUT2D eigenvalue weighted by Gasteiger charge is 2.11. The highest BCUT2D eigenvalue weighted by atomic mass is 32.1. The number of ether oxygens (including phenoxy) is 1. The fraction of sp³-hybridized carbons (Fsp3) is 0.364. The van der Waals surface area contributed by atoms with Gasteiger partial charge in [-0.1, -0.05) is 0 Å². The first-order chi connectivity index (χ1) is 8.43. The maximum Gasteiger partial charge on any atom is 0.171 e. The summed E-state index contributed by atoms with van der Waals surface area (Å²) >= 11 is 4.90. The second-order valence-corrected chi connectivity index (χ2v) is 4.11. The number of anilines is 1. The molecule has 0 aliphatic heterocycles. The van der Waals surface area contributed by atoms with Gasteiger partial charge in [0, 0.05) is 25.3 Å². The number of hydrogen-bond acceptors (Lipinski definition) is 2. The second kappa shape index (κ2) is 6.55. The van der Waals surface area contributed by atoms with Crippen molar-refractivity contribution in [2.24, 2.45) is 0 Å². The zero-order chi connectivity index (χ0) is 13.7. The molecular formula is C11H13F3N2OS. The predicted octanol–water partition coefficient (Wildman–Crippen LogP) is 2.43. The molecular weight excluding hydrogens is 265 g/mol. The third-order valence-electron chi connectivity index (χ3n) is 2.05. The Bertz CT molecular complexity index is 443. The highest BCUT2D eigenvalue weighted by molar-refractivity contribution is 7.80. The molecule has 1 aromatic carbocycles. The summed E-state index contributed by atoms with van der Waals surface area (Å²) in [4.78, 5) is 0. The minimum absolute atomic E-state index is 0.0941. The number of methoxy groups -OCH3 is 1. The van der Waals surface area contributed by atoms with E-state index in [4.69, 9.17) is 17.0 Å². The Labute approximate surface area is 108 Å². The molecule has 0 aliphatic rings. The van der Waals surface area contributed by atoms with Crippen molar-refractivity contribution in [1.82, 2.24) is 5.32 Å². The third-order valence-corrected chi connectivity index (χ3v) is 2.27. The lowest BCUT2D eigenvalue weighted by Crippen LogP contribution is -2.38. The average Bonchev–Trinajstić information content (AvgIpc) is 2.26. The van der Waals surface area contributed by atoms with Crippen molar-refractivity contribution < 1.29 is 17.9 Å². The van der Waals surface area contributed by atoms with Gasteiger partial charge in [0.25, 0.3) is 0 Å². The number of thiocarbonyl (C=S) groups is 1. The maximum absolute atomic E-state index is 13.3. The number of hydrogen-bond donors (Lipinski definition) is 2. The quantitative estimate of drug-likeness (QED) is 0.654. The van der Waals surface area contributed by atoms with Crippen molar-refractivity contribution in [1.29, 1.82) is 0 Å². The number of halogens is 3. The molecule has 3 nitrogen and oxygen atoms in total. The van der Waals surface area contributed by atoms with E-state index in [1.54, 1.807) is 6.92 Å². The van der Waals surface area contributed by atoms with E-state index in [0.29, 0.717) is 18.7 Å². The molecule has 0 saturated heterocycles. The molecule has 0 saturated carbocycles. The van der Waals surface area contributed by atoms with Gasteiger partial charge in [0.2, 0.25) is 0 Å². The van der Waals surface area contributed by atoms with Crippen LogP contribution in [-0.4, -0.2) is 24.9 Å².